The van der Waals surface area contributed by atoms with Crippen molar-refractivity contribution in [1.29, 1.82) is 0 Å². The molecule has 0 aliphatic heterocycles. The highest BCUT2D eigenvalue weighted by atomic mass is 35.5. The van der Waals surface area contributed by atoms with E-state index < -0.39 is 0 Å². The molecule has 106 valence electrons. The first-order valence-electron chi connectivity index (χ1n) is 6.18. The number of nitrogens with one attached hydrogen (secondary N) is 1. The van der Waals surface area contributed by atoms with Crippen molar-refractivity contribution in [3.63, 3.8) is 0 Å². The minimum absolute atomic E-state index is 0.0446. The van der Waals surface area contributed by atoms with Crippen molar-refractivity contribution in [3.05, 3.63) is 63.6 Å². The first-order valence-corrected chi connectivity index (χ1v) is 6.93. The Kier molecular flexibility index (Phi) is 5.26. The molecule has 0 fully saturated rings. The highest BCUT2D eigenvalue weighted by molar-refractivity contribution is 6.42. The molecule has 0 aliphatic rings. The molecule has 2 aromatic rings. The van der Waals surface area contributed by atoms with Crippen molar-refractivity contribution < 1.29 is 4.74 Å². The zero-order chi connectivity index (χ0) is 14.5. The fourth-order valence-corrected chi connectivity index (χ4v) is 2.34. The molecule has 1 atom stereocenters. The summed E-state index contributed by atoms with van der Waals surface area (Å²) >= 11 is 12.0. The zero-order valence-electron chi connectivity index (χ0n) is 11.1. The smallest absolute Gasteiger partial charge is 0.119 e. The Hall–Kier alpha value is -1.26. The fourth-order valence-electron chi connectivity index (χ4n) is 2.04. The lowest BCUT2D eigenvalue weighted by molar-refractivity contribution is 0.414. The highest BCUT2D eigenvalue weighted by Gasteiger charge is 2.12. The van der Waals surface area contributed by atoms with Crippen LogP contribution in [0.2, 0.25) is 10.0 Å². The van der Waals surface area contributed by atoms with E-state index in [1.165, 1.54) is 0 Å². The van der Waals surface area contributed by atoms with Gasteiger partial charge in [-0.05, 0) is 41.8 Å². The summed E-state index contributed by atoms with van der Waals surface area (Å²) in [4.78, 5) is 0. The number of ether oxygens (including phenoxy) is 1. The molecule has 0 saturated carbocycles. The summed E-state index contributed by atoms with van der Waals surface area (Å²) in [6, 6.07) is 13.4. The van der Waals surface area contributed by atoms with Gasteiger partial charge < -0.3 is 4.74 Å². The standard InChI is InChI=1S/C15H16Cl2N2O/c1-20-12-4-2-3-10(7-12)8-15(19-18)11-5-6-13(16)14(17)9-11/h2-7,9,15,19H,8,18H2,1H3. The third kappa shape index (κ3) is 3.64. The lowest BCUT2D eigenvalue weighted by Gasteiger charge is -2.17. The van der Waals surface area contributed by atoms with E-state index in [0.29, 0.717) is 10.0 Å². The minimum Gasteiger partial charge on any atom is -0.497 e. The van der Waals surface area contributed by atoms with Gasteiger partial charge in [0.05, 0.1) is 23.2 Å². The molecule has 20 heavy (non-hydrogen) atoms. The van der Waals surface area contributed by atoms with Crippen molar-refractivity contribution in [1.82, 2.24) is 5.43 Å². The molecule has 3 nitrogen and oxygen atoms in total. The number of nitrogens with two attached hydrogens (primary N) is 1. The van der Waals surface area contributed by atoms with Gasteiger partial charge in [0.25, 0.3) is 0 Å². The number of methoxy groups -OCH3 is 1. The van der Waals surface area contributed by atoms with Gasteiger partial charge in [-0.25, -0.2) is 0 Å². The molecule has 0 saturated heterocycles. The quantitative estimate of drug-likeness (QED) is 0.653. The lowest BCUT2D eigenvalue weighted by Crippen LogP contribution is -2.29. The maximum atomic E-state index is 6.04. The van der Waals surface area contributed by atoms with Crippen LogP contribution in [0.25, 0.3) is 0 Å². The van der Waals surface area contributed by atoms with Gasteiger partial charge in [-0.1, -0.05) is 41.4 Å². The summed E-state index contributed by atoms with van der Waals surface area (Å²) < 4.78 is 5.22. The van der Waals surface area contributed by atoms with Crippen molar-refractivity contribution in [3.8, 4) is 5.75 Å². The van der Waals surface area contributed by atoms with Crippen LogP contribution in [-0.2, 0) is 6.42 Å². The average molecular weight is 311 g/mol. The van der Waals surface area contributed by atoms with Crippen LogP contribution in [0.1, 0.15) is 17.2 Å². The summed E-state index contributed by atoms with van der Waals surface area (Å²) in [5.74, 6) is 6.48. The Morgan fingerprint density at radius 2 is 1.95 bits per heavy atom. The van der Waals surface area contributed by atoms with Gasteiger partial charge >= 0.3 is 0 Å². The summed E-state index contributed by atoms with van der Waals surface area (Å²) in [5.41, 5.74) is 4.92. The fraction of sp³-hybridized carbons (Fsp3) is 0.200. The number of hydrogen-bond acceptors (Lipinski definition) is 3. The topological polar surface area (TPSA) is 47.3 Å². The number of hydrogen-bond donors (Lipinski definition) is 2. The lowest BCUT2D eigenvalue weighted by atomic mass is 9.99. The highest BCUT2D eigenvalue weighted by Crippen LogP contribution is 2.27. The molecule has 0 aromatic heterocycles. The van der Waals surface area contributed by atoms with Crippen LogP contribution >= 0.6 is 23.2 Å². The Labute approximate surface area is 128 Å². The van der Waals surface area contributed by atoms with Crippen LogP contribution in [0.3, 0.4) is 0 Å². The number of rotatable bonds is 5. The van der Waals surface area contributed by atoms with Crippen LogP contribution in [0, 0.1) is 0 Å². The summed E-state index contributed by atoms with van der Waals surface area (Å²) in [6.07, 6.45) is 0.728. The SMILES string of the molecule is COc1cccc(CC(NN)c2ccc(Cl)c(Cl)c2)c1. The van der Waals surface area contributed by atoms with Crippen molar-refractivity contribution >= 4 is 23.2 Å². The largest absolute Gasteiger partial charge is 0.497 e. The molecule has 3 N–H and O–H groups in total. The molecule has 2 rings (SSSR count). The van der Waals surface area contributed by atoms with E-state index in [1.807, 2.05) is 36.4 Å². The average Bonchev–Trinajstić information content (AvgIpc) is 2.48. The second-order valence-electron chi connectivity index (χ2n) is 4.45. The predicted octanol–water partition coefficient (Wildman–Crippen LogP) is 3.75. The summed E-state index contributed by atoms with van der Waals surface area (Å²) in [6.45, 7) is 0. The third-order valence-corrected chi connectivity index (χ3v) is 3.86. The van der Waals surface area contributed by atoms with Crippen LogP contribution in [0.5, 0.6) is 5.75 Å². The van der Waals surface area contributed by atoms with Gasteiger partial charge in [0.2, 0.25) is 0 Å². The normalized spacial score (nSPS) is 12.2. The van der Waals surface area contributed by atoms with Crippen LogP contribution in [0.15, 0.2) is 42.5 Å². The Balaban J connectivity index is 2.21. The molecule has 2 aromatic carbocycles. The second-order valence-corrected chi connectivity index (χ2v) is 5.26. The van der Waals surface area contributed by atoms with E-state index in [2.05, 4.69) is 5.43 Å². The molecule has 0 heterocycles. The Bertz CT molecular complexity index is 590. The van der Waals surface area contributed by atoms with Gasteiger partial charge in [-0.2, -0.15) is 0 Å². The molecule has 0 bridgehead atoms. The van der Waals surface area contributed by atoms with Gasteiger partial charge in [0, 0.05) is 0 Å². The molecule has 0 amide bonds. The van der Waals surface area contributed by atoms with Gasteiger partial charge in [0.15, 0.2) is 0 Å². The monoisotopic (exact) mass is 310 g/mol. The molecule has 0 spiro atoms. The first-order chi connectivity index (χ1) is 9.63. The maximum absolute atomic E-state index is 6.04. The minimum atomic E-state index is -0.0446. The number of hydrazine groups is 1. The van der Waals surface area contributed by atoms with Crippen molar-refractivity contribution in [2.75, 3.05) is 7.11 Å². The molecule has 0 aliphatic carbocycles. The van der Waals surface area contributed by atoms with E-state index in [1.54, 1.807) is 13.2 Å². The van der Waals surface area contributed by atoms with E-state index in [0.717, 1.165) is 23.3 Å². The molecular formula is C15H16Cl2N2O. The van der Waals surface area contributed by atoms with Crippen LogP contribution < -0.4 is 16.0 Å². The zero-order valence-corrected chi connectivity index (χ0v) is 12.6. The maximum Gasteiger partial charge on any atom is 0.119 e. The third-order valence-electron chi connectivity index (χ3n) is 3.12. The number of halogens is 2. The van der Waals surface area contributed by atoms with Crippen molar-refractivity contribution in [2.45, 2.75) is 12.5 Å². The molecule has 0 radical (unpaired) electrons. The Morgan fingerprint density at radius 3 is 2.60 bits per heavy atom. The first kappa shape index (κ1) is 15.1. The van der Waals surface area contributed by atoms with Gasteiger partial charge in [0.1, 0.15) is 5.75 Å². The van der Waals surface area contributed by atoms with E-state index in [9.17, 15) is 0 Å². The predicted molar refractivity (Wildman–Crippen MR) is 83.2 cm³/mol. The molecule has 1 unspecified atom stereocenters. The van der Waals surface area contributed by atoms with Gasteiger partial charge in [-0.3, -0.25) is 11.3 Å². The van der Waals surface area contributed by atoms with E-state index in [4.69, 9.17) is 33.8 Å². The number of benzene rings is 2. The summed E-state index contributed by atoms with van der Waals surface area (Å²) in [7, 11) is 1.65. The van der Waals surface area contributed by atoms with E-state index >= 15 is 0 Å². The van der Waals surface area contributed by atoms with Crippen LogP contribution in [0.4, 0.5) is 0 Å². The summed E-state index contributed by atoms with van der Waals surface area (Å²) in [5, 5.41) is 1.06. The van der Waals surface area contributed by atoms with Crippen LogP contribution in [-0.4, -0.2) is 7.11 Å². The molecular weight excluding hydrogens is 295 g/mol. The Morgan fingerprint density at radius 1 is 1.15 bits per heavy atom. The van der Waals surface area contributed by atoms with Gasteiger partial charge in [-0.15, -0.1) is 0 Å². The second kappa shape index (κ2) is 6.95. The van der Waals surface area contributed by atoms with Crippen molar-refractivity contribution in [2.24, 2.45) is 5.84 Å². The molecule has 5 heteroatoms. The van der Waals surface area contributed by atoms with E-state index in [-0.39, 0.29) is 6.04 Å².